The number of likely N-dealkylation sites (tertiary alicyclic amines) is 1. The number of piperidine rings is 1. The fraction of sp³-hybridized carbons (Fsp3) is 0.562. The van der Waals surface area contributed by atoms with Crippen LogP contribution in [-0.2, 0) is 4.79 Å². The highest BCUT2D eigenvalue weighted by molar-refractivity contribution is 6.42. The Labute approximate surface area is 135 Å². The van der Waals surface area contributed by atoms with Crippen LogP contribution in [0.5, 0.6) is 0 Å². The largest absolute Gasteiger partial charge is 0.311 e. The second kappa shape index (κ2) is 5.79. The fourth-order valence-electron chi connectivity index (χ4n) is 3.41. The van der Waals surface area contributed by atoms with Crippen molar-refractivity contribution in [3.05, 3.63) is 28.2 Å². The van der Waals surface area contributed by atoms with Gasteiger partial charge in [-0.1, -0.05) is 29.6 Å². The zero-order valence-corrected chi connectivity index (χ0v) is 13.8. The van der Waals surface area contributed by atoms with E-state index in [1.54, 1.807) is 12.1 Å². The summed E-state index contributed by atoms with van der Waals surface area (Å²) in [4.78, 5) is 17.1. The summed E-state index contributed by atoms with van der Waals surface area (Å²) in [5.74, 6) is 0.183. The second-order valence-corrected chi connectivity index (χ2v) is 6.94. The summed E-state index contributed by atoms with van der Waals surface area (Å²) in [6, 6.07) is 5.40. The van der Waals surface area contributed by atoms with Gasteiger partial charge in [-0.15, -0.1) is 0 Å². The van der Waals surface area contributed by atoms with Gasteiger partial charge in [-0.05, 0) is 57.5 Å². The number of hydrogen-bond acceptors (Lipinski definition) is 2. The summed E-state index contributed by atoms with van der Waals surface area (Å²) in [6.45, 7) is 4.87. The minimum atomic E-state index is -0.369. The molecule has 2 aliphatic rings. The summed E-state index contributed by atoms with van der Waals surface area (Å²) in [7, 11) is 0. The molecule has 1 atom stereocenters. The van der Waals surface area contributed by atoms with E-state index in [2.05, 4.69) is 11.8 Å². The summed E-state index contributed by atoms with van der Waals surface area (Å²) in [6.07, 6.45) is 4.52. The molecule has 0 spiro atoms. The van der Waals surface area contributed by atoms with Crippen molar-refractivity contribution < 1.29 is 4.79 Å². The molecule has 0 aromatic heterocycles. The average molecular weight is 327 g/mol. The van der Waals surface area contributed by atoms with E-state index in [9.17, 15) is 4.79 Å². The van der Waals surface area contributed by atoms with Crippen molar-refractivity contribution >= 4 is 34.8 Å². The number of anilines is 1. The highest BCUT2D eigenvalue weighted by Gasteiger charge is 2.47. The predicted molar refractivity (Wildman–Crippen MR) is 87.3 cm³/mol. The van der Waals surface area contributed by atoms with Crippen LogP contribution in [0.15, 0.2) is 18.2 Å². The van der Waals surface area contributed by atoms with Crippen molar-refractivity contribution in [3.8, 4) is 0 Å². The molecule has 3 rings (SSSR count). The molecule has 21 heavy (non-hydrogen) atoms. The maximum atomic E-state index is 12.9. The van der Waals surface area contributed by atoms with Gasteiger partial charge in [0.15, 0.2) is 0 Å². The number of halogens is 2. The highest BCUT2D eigenvalue weighted by atomic mass is 35.5. The molecule has 0 saturated carbocycles. The van der Waals surface area contributed by atoms with Crippen molar-refractivity contribution in [1.29, 1.82) is 0 Å². The van der Waals surface area contributed by atoms with Crippen molar-refractivity contribution in [3.63, 3.8) is 0 Å². The van der Waals surface area contributed by atoms with Gasteiger partial charge in [0, 0.05) is 12.2 Å². The molecule has 114 valence electrons. The van der Waals surface area contributed by atoms with Crippen LogP contribution >= 0.6 is 23.2 Å². The highest BCUT2D eigenvalue weighted by Crippen LogP contribution is 2.36. The van der Waals surface area contributed by atoms with Crippen molar-refractivity contribution in [2.75, 3.05) is 24.5 Å². The molecular weight excluding hydrogens is 307 g/mol. The molecule has 2 fully saturated rings. The average Bonchev–Trinajstić information content (AvgIpc) is 2.80. The Morgan fingerprint density at radius 1 is 1.05 bits per heavy atom. The molecule has 2 aliphatic heterocycles. The third kappa shape index (κ3) is 2.67. The van der Waals surface area contributed by atoms with E-state index in [-0.39, 0.29) is 11.4 Å². The number of benzene rings is 1. The van der Waals surface area contributed by atoms with E-state index in [0.29, 0.717) is 10.0 Å². The van der Waals surface area contributed by atoms with Gasteiger partial charge in [-0.25, -0.2) is 0 Å². The van der Waals surface area contributed by atoms with Crippen LogP contribution in [0.4, 0.5) is 5.69 Å². The molecule has 1 unspecified atom stereocenters. The maximum Gasteiger partial charge on any atom is 0.247 e. The Kier molecular flexibility index (Phi) is 4.17. The molecule has 3 nitrogen and oxygen atoms in total. The van der Waals surface area contributed by atoms with Crippen LogP contribution in [0.1, 0.15) is 32.6 Å². The van der Waals surface area contributed by atoms with Crippen molar-refractivity contribution in [1.82, 2.24) is 4.90 Å². The Morgan fingerprint density at radius 2 is 1.76 bits per heavy atom. The van der Waals surface area contributed by atoms with Crippen LogP contribution in [0, 0.1) is 0 Å². The SMILES string of the molecule is CC1(N2CCCCC2)CCN(c2ccc(Cl)c(Cl)c2)C1=O. The van der Waals surface area contributed by atoms with E-state index in [0.717, 1.165) is 31.7 Å². The number of amides is 1. The standard InChI is InChI=1S/C16H20Cl2N2O/c1-16(19-8-3-2-4-9-19)7-10-20(15(16)21)12-5-6-13(17)14(18)11-12/h5-6,11H,2-4,7-10H2,1H3. The van der Waals surface area contributed by atoms with E-state index in [1.807, 2.05) is 11.0 Å². The van der Waals surface area contributed by atoms with E-state index < -0.39 is 0 Å². The molecule has 1 aromatic rings. The Balaban J connectivity index is 1.83. The van der Waals surface area contributed by atoms with Crippen LogP contribution in [0.25, 0.3) is 0 Å². The van der Waals surface area contributed by atoms with E-state index >= 15 is 0 Å². The first-order valence-electron chi connectivity index (χ1n) is 7.54. The van der Waals surface area contributed by atoms with Gasteiger partial charge in [0.25, 0.3) is 0 Å². The fourth-order valence-corrected chi connectivity index (χ4v) is 3.70. The van der Waals surface area contributed by atoms with Crippen LogP contribution in [0.3, 0.4) is 0 Å². The molecule has 5 heteroatoms. The third-order valence-corrected chi connectivity index (χ3v) is 5.54. The number of carbonyl (C=O) groups is 1. The summed E-state index contributed by atoms with van der Waals surface area (Å²) in [5.41, 5.74) is 0.474. The van der Waals surface area contributed by atoms with Crippen LogP contribution in [0.2, 0.25) is 10.0 Å². The molecule has 0 radical (unpaired) electrons. The normalized spacial score (nSPS) is 27.4. The first kappa shape index (κ1) is 15.1. The lowest BCUT2D eigenvalue weighted by Crippen LogP contribution is -2.54. The Bertz CT molecular complexity index is 557. The number of carbonyl (C=O) groups excluding carboxylic acids is 1. The molecule has 1 amide bonds. The molecule has 2 saturated heterocycles. The Hall–Kier alpha value is -0.770. The summed E-state index contributed by atoms with van der Waals surface area (Å²) < 4.78 is 0. The first-order chi connectivity index (χ1) is 10.0. The van der Waals surface area contributed by atoms with Crippen molar-refractivity contribution in [2.45, 2.75) is 38.1 Å². The maximum absolute atomic E-state index is 12.9. The minimum Gasteiger partial charge on any atom is -0.311 e. The first-order valence-corrected chi connectivity index (χ1v) is 8.30. The van der Waals surface area contributed by atoms with Gasteiger partial charge in [0.2, 0.25) is 5.91 Å². The lowest BCUT2D eigenvalue weighted by Gasteiger charge is -2.39. The molecule has 0 N–H and O–H groups in total. The zero-order valence-electron chi connectivity index (χ0n) is 12.2. The lowest BCUT2D eigenvalue weighted by molar-refractivity contribution is -0.127. The van der Waals surface area contributed by atoms with Gasteiger partial charge in [0.1, 0.15) is 0 Å². The van der Waals surface area contributed by atoms with Crippen molar-refractivity contribution in [2.24, 2.45) is 0 Å². The lowest BCUT2D eigenvalue weighted by atomic mass is 9.95. The summed E-state index contributed by atoms with van der Waals surface area (Å²) in [5, 5.41) is 1.01. The van der Waals surface area contributed by atoms with Gasteiger partial charge in [0.05, 0.1) is 15.6 Å². The molecule has 1 aromatic carbocycles. The smallest absolute Gasteiger partial charge is 0.247 e. The van der Waals surface area contributed by atoms with Gasteiger partial charge < -0.3 is 4.90 Å². The van der Waals surface area contributed by atoms with Gasteiger partial charge >= 0.3 is 0 Å². The topological polar surface area (TPSA) is 23.6 Å². The quantitative estimate of drug-likeness (QED) is 0.820. The monoisotopic (exact) mass is 326 g/mol. The number of hydrogen-bond donors (Lipinski definition) is 0. The second-order valence-electron chi connectivity index (χ2n) is 6.13. The van der Waals surface area contributed by atoms with Gasteiger partial charge in [-0.2, -0.15) is 0 Å². The predicted octanol–water partition coefficient (Wildman–Crippen LogP) is 3.97. The minimum absolute atomic E-state index is 0.183. The van der Waals surface area contributed by atoms with E-state index in [1.165, 1.54) is 19.3 Å². The Morgan fingerprint density at radius 3 is 2.43 bits per heavy atom. The van der Waals surface area contributed by atoms with Crippen LogP contribution < -0.4 is 4.90 Å². The summed E-state index contributed by atoms with van der Waals surface area (Å²) >= 11 is 12.0. The zero-order chi connectivity index (χ0) is 15.0. The third-order valence-electron chi connectivity index (χ3n) is 4.80. The van der Waals surface area contributed by atoms with Crippen LogP contribution in [-0.4, -0.2) is 36.0 Å². The molecule has 2 heterocycles. The molecule has 0 aliphatic carbocycles. The van der Waals surface area contributed by atoms with E-state index in [4.69, 9.17) is 23.2 Å². The molecular formula is C16H20Cl2N2O. The number of nitrogens with zero attached hydrogens (tertiary/aromatic N) is 2. The number of rotatable bonds is 2. The molecule has 0 bridgehead atoms. The van der Waals surface area contributed by atoms with Gasteiger partial charge in [-0.3, -0.25) is 9.69 Å².